The minimum atomic E-state index is -0.622. The van der Waals surface area contributed by atoms with Gasteiger partial charge < -0.3 is 15.0 Å². The predicted molar refractivity (Wildman–Crippen MR) is 145 cm³/mol. The number of carbonyl (C=O) groups is 2. The molecule has 5 nitrogen and oxygen atoms in total. The molecule has 6 heteroatoms. The number of hydrogen-bond acceptors (Lipinski definition) is 3. The smallest absolute Gasteiger partial charge is 0.252 e. The van der Waals surface area contributed by atoms with Gasteiger partial charge in [-0.15, -0.1) is 0 Å². The SMILES string of the molecule is CC(C)=CCCn1cc(C(=O)COc2cc3ccc(Cl)cc3cc2C(N)=O)c2ccc(C3CC3)cc21. The van der Waals surface area contributed by atoms with E-state index in [9.17, 15) is 9.59 Å². The number of halogens is 1. The number of rotatable bonds is 9. The second-order valence-electron chi connectivity index (χ2n) is 9.77. The van der Waals surface area contributed by atoms with Crippen molar-refractivity contribution in [2.45, 2.75) is 45.6 Å². The minimum Gasteiger partial charge on any atom is -0.485 e. The van der Waals surface area contributed by atoms with Crippen molar-refractivity contribution >= 4 is 45.0 Å². The summed E-state index contributed by atoms with van der Waals surface area (Å²) < 4.78 is 8.06. The number of allylic oxidation sites excluding steroid dienone is 2. The Balaban J connectivity index is 1.44. The highest BCUT2D eigenvalue weighted by Gasteiger charge is 2.25. The molecule has 0 spiro atoms. The highest BCUT2D eigenvalue weighted by atomic mass is 35.5. The van der Waals surface area contributed by atoms with Crippen molar-refractivity contribution in [1.29, 1.82) is 0 Å². The number of aromatic nitrogens is 1. The van der Waals surface area contributed by atoms with Crippen LogP contribution in [0.1, 0.15) is 65.3 Å². The van der Waals surface area contributed by atoms with Gasteiger partial charge in [0.15, 0.2) is 6.61 Å². The molecule has 1 aliphatic carbocycles. The van der Waals surface area contributed by atoms with Crippen LogP contribution in [0.5, 0.6) is 5.75 Å². The van der Waals surface area contributed by atoms with Crippen molar-refractivity contribution in [3.63, 3.8) is 0 Å². The summed E-state index contributed by atoms with van der Waals surface area (Å²) in [7, 11) is 0. The summed E-state index contributed by atoms with van der Waals surface area (Å²) in [5.74, 6) is 0.150. The summed E-state index contributed by atoms with van der Waals surface area (Å²) in [5, 5.41) is 3.11. The molecule has 0 atom stereocenters. The Morgan fingerprint density at radius 3 is 2.58 bits per heavy atom. The van der Waals surface area contributed by atoms with Crippen LogP contribution in [-0.2, 0) is 6.54 Å². The van der Waals surface area contributed by atoms with Gasteiger partial charge in [0.25, 0.3) is 5.91 Å². The Bertz CT molecular complexity index is 1520. The quantitative estimate of drug-likeness (QED) is 0.198. The van der Waals surface area contributed by atoms with Gasteiger partial charge in [-0.1, -0.05) is 41.4 Å². The first-order chi connectivity index (χ1) is 17.3. The van der Waals surface area contributed by atoms with Gasteiger partial charge >= 0.3 is 0 Å². The monoisotopic (exact) mass is 500 g/mol. The Kier molecular flexibility index (Phi) is 6.59. The van der Waals surface area contributed by atoms with Gasteiger partial charge in [-0.2, -0.15) is 0 Å². The normalized spacial score (nSPS) is 13.2. The summed E-state index contributed by atoms with van der Waals surface area (Å²) in [4.78, 5) is 25.5. The molecule has 0 unspecified atom stereocenters. The van der Waals surface area contributed by atoms with E-state index in [0.29, 0.717) is 16.5 Å². The highest BCUT2D eigenvalue weighted by Crippen LogP contribution is 2.41. The fraction of sp³-hybridized carbons (Fsp3) is 0.267. The van der Waals surface area contributed by atoms with Crippen molar-refractivity contribution in [2.75, 3.05) is 6.61 Å². The number of hydrogen-bond donors (Lipinski definition) is 1. The lowest BCUT2D eigenvalue weighted by Gasteiger charge is -2.11. The molecule has 184 valence electrons. The van der Waals surface area contributed by atoms with Crippen LogP contribution in [0.25, 0.3) is 21.7 Å². The van der Waals surface area contributed by atoms with Gasteiger partial charge in [-0.25, -0.2) is 0 Å². The van der Waals surface area contributed by atoms with Gasteiger partial charge in [0.05, 0.1) is 5.56 Å². The van der Waals surface area contributed by atoms with E-state index in [1.807, 2.05) is 12.3 Å². The van der Waals surface area contributed by atoms with Crippen LogP contribution in [0.3, 0.4) is 0 Å². The number of nitrogens with two attached hydrogens (primary N) is 1. The maximum absolute atomic E-state index is 13.4. The van der Waals surface area contributed by atoms with Crippen LogP contribution in [0.15, 0.2) is 66.4 Å². The van der Waals surface area contributed by atoms with Crippen LogP contribution in [0.4, 0.5) is 0 Å². The Morgan fingerprint density at radius 2 is 1.86 bits per heavy atom. The zero-order valence-electron chi connectivity index (χ0n) is 20.5. The molecule has 1 saturated carbocycles. The van der Waals surface area contributed by atoms with Gasteiger partial charge in [0.2, 0.25) is 5.78 Å². The van der Waals surface area contributed by atoms with Crippen molar-refractivity contribution in [2.24, 2.45) is 5.73 Å². The molecule has 1 fully saturated rings. The summed E-state index contributed by atoms with van der Waals surface area (Å²) >= 11 is 6.09. The molecule has 0 radical (unpaired) electrons. The third-order valence-corrected chi connectivity index (χ3v) is 6.94. The molecular weight excluding hydrogens is 472 g/mol. The minimum absolute atomic E-state index is 0.147. The van der Waals surface area contributed by atoms with Crippen molar-refractivity contribution in [1.82, 2.24) is 4.57 Å². The molecule has 1 heterocycles. The Hall–Kier alpha value is -3.57. The average Bonchev–Trinajstić information content (AvgIpc) is 3.63. The summed E-state index contributed by atoms with van der Waals surface area (Å²) in [6.07, 6.45) is 7.49. The zero-order valence-corrected chi connectivity index (χ0v) is 21.3. The molecule has 0 bridgehead atoms. The second-order valence-corrected chi connectivity index (χ2v) is 10.2. The van der Waals surface area contributed by atoms with E-state index in [-0.39, 0.29) is 23.7 Å². The number of primary amides is 1. The topological polar surface area (TPSA) is 74.3 Å². The van der Waals surface area contributed by atoms with Crippen LogP contribution < -0.4 is 10.5 Å². The lowest BCUT2D eigenvalue weighted by Crippen LogP contribution is -2.16. The van der Waals surface area contributed by atoms with E-state index in [2.05, 4.69) is 42.7 Å². The van der Waals surface area contributed by atoms with E-state index in [1.54, 1.807) is 24.3 Å². The zero-order chi connectivity index (χ0) is 25.4. The number of nitrogens with zero attached hydrogens (tertiary/aromatic N) is 1. The number of ketones is 1. The standard InChI is InChI=1S/C30H29ClN2O3/c1-18(2)4-3-11-33-16-26(24-10-8-20(14-27(24)33)19-5-6-19)28(34)17-36-29-15-21-7-9-23(31)12-22(21)13-25(29)30(32)35/h4,7-10,12-16,19H,3,5-6,11,17H2,1-2H3,(H2,32,35). The van der Waals surface area contributed by atoms with Gasteiger partial charge in [0, 0.05) is 34.2 Å². The number of benzene rings is 3. The molecule has 36 heavy (non-hydrogen) atoms. The predicted octanol–water partition coefficient (Wildman–Crippen LogP) is 7.04. The first-order valence-electron chi connectivity index (χ1n) is 12.3. The number of fused-ring (bicyclic) bond motifs is 2. The summed E-state index contributed by atoms with van der Waals surface area (Å²) in [6, 6.07) is 15.2. The molecule has 1 aromatic heterocycles. The molecule has 1 aliphatic rings. The van der Waals surface area contributed by atoms with Gasteiger partial charge in [-0.3, -0.25) is 9.59 Å². The average molecular weight is 501 g/mol. The molecule has 1 amide bonds. The molecule has 5 rings (SSSR count). The van der Waals surface area contributed by atoms with E-state index in [0.717, 1.165) is 34.6 Å². The van der Waals surface area contributed by atoms with Crippen LogP contribution in [-0.4, -0.2) is 22.9 Å². The lowest BCUT2D eigenvalue weighted by atomic mass is 10.0. The largest absolute Gasteiger partial charge is 0.485 e. The Morgan fingerprint density at radius 1 is 1.06 bits per heavy atom. The number of ether oxygens (including phenoxy) is 1. The maximum Gasteiger partial charge on any atom is 0.252 e. The van der Waals surface area contributed by atoms with E-state index in [1.165, 1.54) is 24.0 Å². The van der Waals surface area contributed by atoms with E-state index in [4.69, 9.17) is 22.1 Å². The third-order valence-electron chi connectivity index (χ3n) is 6.70. The number of amides is 1. The maximum atomic E-state index is 13.4. The molecular formula is C30H29ClN2O3. The summed E-state index contributed by atoms with van der Waals surface area (Å²) in [5.41, 5.74) is 10.1. The third kappa shape index (κ3) is 5.02. The Labute approximate surface area is 215 Å². The highest BCUT2D eigenvalue weighted by molar-refractivity contribution is 6.31. The summed E-state index contributed by atoms with van der Waals surface area (Å²) in [6.45, 7) is 4.78. The van der Waals surface area contributed by atoms with Crippen LogP contribution in [0.2, 0.25) is 5.02 Å². The molecule has 4 aromatic rings. The number of Topliss-reactive ketones (excluding diaryl/α,β-unsaturated/α-hetero) is 1. The van der Waals surface area contributed by atoms with Crippen LogP contribution in [0, 0.1) is 0 Å². The number of carbonyl (C=O) groups excluding carboxylic acids is 2. The van der Waals surface area contributed by atoms with E-state index < -0.39 is 5.91 Å². The molecule has 0 aliphatic heterocycles. The van der Waals surface area contributed by atoms with Crippen molar-refractivity contribution in [3.05, 3.63) is 88.1 Å². The van der Waals surface area contributed by atoms with E-state index >= 15 is 0 Å². The van der Waals surface area contributed by atoms with Crippen molar-refractivity contribution in [3.8, 4) is 5.75 Å². The van der Waals surface area contributed by atoms with Gasteiger partial charge in [0.1, 0.15) is 5.75 Å². The lowest BCUT2D eigenvalue weighted by molar-refractivity contribution is 0.0913. The van der Waals surface area contributed by atoms with Crippen LogP contribution >= 0.6 is 11.6 Å². The fourth-order valence-corrected chi connectivity index (χ4v) is 4.84. The first-order valence-corrected chi connectivity index (χ1v) is 12.6. The molecule has 3 aromatic carbocycles. The fourth-order valence-electron chi connectivity index (χ4n) is 4.66. The molecule has 0 saturated heterocycles. The number of aryl methyl sites for hydroxylation is 1. The second kappa shape index (κ2) is 9.82. The van der Waals surface area contributed by atoms with Gasteiger partial charge in [-0.05, 0) is 85.7 Å². The first kappa shape index (κ1) is 24.1. The molecule has 2 N–H and O–H groups in total. The van der Waals surface area contributed by atoms with Crippen molar-refractivity contribution < 1.29 is 14.3 Å².